The summed E-state index contributed by atoms with van der Waals surface area (Å²) in [5, 5.41) is 5.96. The number of furan rings is 1. The van der Waals surface area contributed by atoms with Crippen LogP contribution in [-0.4, -0.2) is 70.0 Å². The van der Waals surface area contributed by atoms with Crippen molar-refractivity contribution in [1.29, 1.82) is 0 Å². The van der Waals surface area contributed by atoms with E-state index >= 15 is 0 Å². The summed E-state index contributed by atoms with van der Waals surface area (Å²) in [4.78, 5) is 0. The molecule has 0 saturated carbocycles. The molecule has 0 aliphatic carbocycles. The highest BCUT2D eigenvalue weighted by molar-refractivity contribution is 7.69. The molecule has 0 aliphatic rings. The first-order chi connectivity index (χ1) is 12.3. The van der Waals surface area contributed by atoms with E-state index in [9.17, 15) is 0 Å². The van der Waals surface area contributed by atoms with Crippen molar-refractivity contribution in [2.75, 3.05) is 49.4 Å². The Balaban J connectivity index is 2.65. The Hall–Kier alpha value is -2.08. The van der Waals surface area contributed by atoms with Crippen molar-refractivity contribution in [3.8, 4) is 5.75 Å². The van der Waals surface area contributed by atoms with Gasteiger partial charge in [0, 0.05) is 14.1 Å². The number of benzene rings is 1. The van der Waals surface area contributed by atoms with E-state index in [0.29, 0.717) is 5.76 Å². The summed E-state index contributed by atoms with van der Waals surface area (Å²) in [6.07, 6.45) is 1.70. The maximum absolute atomic E-state index is 6.12. The topological polar surface area (TPSA) is 56.8 Å². The van der Waals surface area contributed by atoms with E-state index < -0.39 is 7.36 Å². The predicted octanol–water partition coefficient (Wildman–Crippen LogP) is 3.30. The van der Waals surface area contributed by atoms with Crippen LogP contribution in [0.1, 0.15) is 5.76 Å². The molecule has 0 saturated heterocycles. The second kappa shape index (κ2) is 8.54. The van der Waals surface area contributed by atoms with Crippen LogP contribution in [-0.2, 0) is 0 Å². The van der Waals surface area contributed by atoms with Crippen LogP contribution in [0.4, 0.5) is 5.69 Å². The molecule has 26 heavy (non-hydrogen) atoms. The lowest BCUT2D eigenvalue weighted by Crippen LogP contribution is -2.28. The molecule has 1 aromatic heterocycles. The van der Waals surface area contributed by atoms with Crippen molar-refractivity contribution in [1.82, 2.24) is 14.3 Å². The highest BCUT2D eigenvalue weighted by atomic mass is 31.2. The van der Waals surface area contributed by atoms with E-state index in [1.807, 2.05) is 78.7 Å². The Morgan fingerprint density at radius 2 is 1.62 bits per heavy atom. The van der Waals surface area contributed by atoms with Crippen molar-refractivity contribution in [2.24, 2.45) is 9.85 Å². The largest absolute Gasteiger partial charge is 0.494 e. The molecule has 2 rings (SSSR count). The van der Waals surface area contributed by atoms with E-state index in [4.69, 9.17) is 13.9 Å². The van der Waals surface area contributed by atoms with Crippen molar-refractivity contribution in [3.05, 3.63) is 42.2 Å². The highest BCUT2D eigenvalue weighted by Crippen LogP contribution is 2.55. The summed E-state index contributed by atoms with van der Waals surface area (Å²) in [6.45, 7) is 0. The standard InChI is InChI=1S/C18H28N5O2P/c1-21(2)19-14-15-12-13-18(25-15)26(22(3)4,23(5)6)20-16-10-8-9-11-17(16)24-7/h8-14H,1-7H3. The van der Waals surface area contributed by atoms with Crippen LogP contribution >= 0.6 is 7.36 Å². The van der Waals surface area contributed by atoms with Crippen LogP contribution < -0.4 is 10.2 Å². The molecule has 8 heteroatoms. The maximum Gasteiger partial charge on any atom is 0.172 e. The first kappa shape index (κ1) is 20.2. The number of hydrazone groups is 1. The maximum atomic E-state index is 6.12. The fourth-order valence-corrected chi connectivity index (χ4v) is 5.52. The Labute approximate surface area is 156 Å². The van der Waals surface area contributed by atoms with Gasteiger partial charge in [0.1, 0.15) is 17.2 Å². The van der Waals surface area contributed by atoms with Gasteiger partial charge in [-0.25, -0.2) is 4.74 Å². The van der Waals surface area contributed by atoms with E-state index in [2.05, 4.69) is 14.4 Å². The first-order valence-corrected chi connectivity index (χ1v) is 9.88. The van der Waals surface area contributed by atoms with Crippen LogP contribution in [0.5, 0.6) is 5.75 Å². The number of rotatable bonds is 7. The van der Waals surface area contributed by atoms with Gasteiger partial charge in [0.2, 0.25) is 0 Å². The zero-order valence-corrected chi connectivity index (χ0v) is 17.4. The Bertz CT molecular complexity index is 799. The second-order valence-corrected chi connectivity index (χ2v) is 9.68. The minimum absolute atomic E-state index is 0.692. The summed E-state index contributed by atoms with van der Waals surface area (Å²) in [6, 6.07) is 11.7. The van der Waals surface area contributed by atoms with Crippen molar-refractivity contribution < 1.29 is 9.15 Å². The molecule has 2 aromatic rings. The molecule has 0 radical (unpaired) electrons. The van der Waals surface area contributed by atoms with E-state index in [0.717, 1.165) is 16.9 Å². The molecular weight excluding hydrogens is 349 g/mol. The number of nitrogens with zero attached hydrogens (tertiary/aromatic N) is 5. The SMILES string of the molecule is COc1ccccc1N=P(c1ccc(C=NN(C)C)o1)(N(C)C)N(C)C. The fourth-order valence-electron chi connectivity index (χ4n) is 2.59. The monoisotopic (exact) mass is 377 g/mol. The van der Waals surface area contributed by atoms with Crippen LogP contribution in [0.15, 0.2) is 50.7 Å². The van der Waals surface area contributed by atoms with Gasteiger partial charge in [0.25, 0.3) is 0 Å². The van der Waals surface area contributed by atoms with Gasteiger partial charge in [-0.3, -0.25) is 9.34 Å². The number of para-hydroxylation sites is 1. The zero-order valence-electron chi connectivity index (χ0n) is 16.5. The molecule has 142 valence electrons. The van der Waals surface area contributed by atoms with E-state index in [-0.39, 0.29) is 0 Å². The molecular formula is C18H28N5O2P. The van der Waals surface area contributed by atoms with Crippen LogP contribution in [0.25, 0.3) is 0 Å². The molecule has 0 aliphatic heterocycles. The Kier molecular flexibility index (Phi) is 6.64. The molecule has 7 nitrogen and oxygen atoms in total. The summed E-state index contributed by atoms with van der Waals surface area (Å²) < 4.78 is 21.0. The molecule has 0 fully saturated rings. The van der Waals surface area contributed by atoms with Gasteiger partial charge >= 0.3 is 0 Å². The Morgan fingerprint density at radius 1 is 0.962 bits per heavy atom. The number of hydrogen-bond acceptors (Lipinski definition) is 5. The summed E-state index contributed by atoms with van der Waals surface area (Å²) in [7, 11) is 11.1. The Morgan fingerprint density at radius 3 is 2.19 bits per heavy atom. The lowest BCUT2D eigenvalue weighted by atomic mass is 10.3. The second-order valence-electron chi connectivity index (χ2n) is 6.30. The number of ether oxygens (including phenoxy) is 1. The average molecular weight is 377 g/mol. The molecule has 0 bridgehead atoms. The number of methoxy groups -OCH3 is 1. The summed E-state index contributed by atoms with van der Waals surface area (Å²) in [5.41, 5.74) is 1.60. The minimum Gasteiger partial charge on any atom is -0.494 e. The van der Waals surface area contributed by atoms with Gasteiger partial charge in [-0.05, 0) is 52.5 Å². The summed E-state index contributed by atoms with van der Waals surface area (Å²) >= 11 is 0. The smallest absolute Gasteiger partial charge is 0.172 e. The molecule has 0 N–H and O–H groups in total. The molecule has 1 aromatic carbocycles. The third-order valence-electron chi connectivity index (χ3n) is 3.77. The first-order valence-electron chi connectivity index (χ1n) is 8.24. The van der Waals surface area contributed by atoms with Crippen LogP contribution in [0, 0.1) is 0 Å². The molecule has 1 heterocycles. The van der Waals surface area contributed by atoms with Gasteiger partial charge in [-0.2, -0.15) is 5.10 Å². The van der Waals surface area contributed by atoms with Crippen LogP contribution in [0.3, 0.4) is 0 Å². The van der Waals surface area contributed by atoms with Crippen molar-refractivity contribution >= 4 is 24.8 Å². The minimum atomic E-state index is -2.31. The van der Waals surface area contributed by atoms with Gasteiger partial charge in [0.05, 0.1) is 13.3 Å². The quantitative estimate of drug-likeness (QED) is 0.421. The third-order valence-corrected chi connectivity index (χ3v) is 7.33. The van der Waals surface area contributed by atoms with Gasteiger partial charge in [0.15, 0.2) is 12.9 Å². The summed E-state index contributed by atoms with van der Waals surface area (Å²) in [5.74, 6) is 1.43. The normalized spacial score (nSPS) is 12.2. The third kappa shape index (κ3) is 4.18. The van der Waals surface area contributed by atoms with Crippen LogP contribution in [0.2, 0.25) is 0 Å². The lowest BCUT2D eigenvalue weighted by Gasteiger charge is -2.34. The molecule has 0 amide bonds. The fraction of sp³-hybridized carbons (Fsp3) is 0.389. The van der Waals surface area contributed by atoms with Gasteiger partial charge < -0.3 is 14.2 Å². The zero-order chi connectivity index (χ0) is 19.3. The van der Waals surface area contributed by atoms with E-state index in [1.165, 1.54) is 0 Å². The molecule has 0 atom stereocenters. The number of hydrogen-bond donors (Lipinski definition) is 0. The molecule has 0 unspecified atom stereocenters. The van der Waals surface area contributed by atoms with E-state index in [1.54, 1.807) is 18.3 Å². The predicted molar refractivity (Wildman–Crippen MR) is 109 cm³/mol. The van der Waals surface area contributed by atoms with Crippen molar-refractivity contribution in [3.63, 3.8) is 0 Å². The molecule has 0 spiro atoms. The highest BCUT2D eigenvalue weighted by Gasteiger charge is 2.32. The van der Waals surface area contributed by atoms with Gasteiger partial charge in [-0.1, -0.05) is 12.1 Å². The lowest BCUT2D eigenvalue weighted by molar-refractivity contribution is 0.416. The average Bonchev–Trinajstić information content (AvgIpc) is 3.06. The van der Waals surface area contributed by atoms with Crippen molar-refractivity contribution in [2.45, 2.75) is 0 Å². The van der Waals surface area contributed by atoms with Gasteiger partial charge in [-0.15, -0.1) is 0 Å².